The van der Waals surface area contributed by atoms with Crippen LogP contribution in [0.1, 0.15) is 39.0 Å². The third kappa shape index (κ3) is 15.5. The fourth-order valence-electron chi connectivity index (χ4n) is 3.73. The molecule has 2 aliphatic rings. The molecule has 0 aromatic carbocycles. The quantitative estimate of drug-likeness (QED) is 0.185. The van der Waals surface area contributed by atoms with Crippen LogP contribution in [0.3, 0.4) is 0 Å². The monoisotopic (exact) mass is 542 g/mol. The number of ether oxygens (including phenoxy) is 4. The predicted octanol–water partition coefficient (Wildman–Crippen LogP) is 1.35. The first kappa shape index (κ1) is 33.2. The summed E-state index contributed by atoms with van der Waals surface area (Å²) >= 11 is 0. The molecular weight excluding hydrogens is 500 g/mol. The number of hydrogen-bond donors (Lipinski definition) is 2. The molecule has 0 aliphatic carbocycles. The van der Waals surface area contributed by atoms with Gasteiger partial charge in [-0.2, -0.15) is 0 Å². The summed E-state index contributed by atoms with van der Waals surface area (Å²) in [4.78, 5) is 48.3. The molecule has 0 unspecified atom stereocenters. The highest BCUT2D eigenvalue weighted by molar-refractivity contribution is 5.98. The van der Waals surface area contributed by atoms with E-state index in [4.69, 9.17) is 24.4 Å². The van der Waals surface area contributed by atoms with Crippen LogP contribution in [0.4, 0.5) is 0 Å². The van der Waals surface area contributed by atoms with Gasteiger partial charge in [-0.25, -0.2) is 19.2 Å². The number of carboxylic acid groups (broad SMARTS) is 2. The third-order valence-corrected chi connectivity index (χ3v) is 6.06. The number of rotatable bonds is 14. The molecule has 2 rings (SSSR count). The van der Waals surface area contributed by atoms with Crippen LogP contribution >= 0.6 is 0 Å². The number of unbranched alkanes of at least 4 members (excludes halogenated alkanes) is 2. The van der Waals surface area contributed by atoms with Gasteiger partial charge in [-0.3, -0.25) is 9.80 Å². The van der Waals surface area contributed by atoms with Crippen LogP contribution < -0.4 is 0 Å². The van der Waals surface area contributed by atoms with E-state index in [0.717, 1.165) is 97.1 Å². The van der Waals surface area contributed by atoms with E-state index < -0.39 is 23.9 Å². The number of esters is 2. The molecule has 12 heteroatoms. The van der Waals surface area contributed by atoms with Crippen LogP contribution in [0.2, 0.25) is 0 Å². The Morgan fingerprint density at radius 2 is 1.26 bits per heavy atom. The Balaban J connectivity index is 0.000000380. The summed E-state index contributed by atoms with van der Waals surface area (Å²) in [5.74, 6) is -3.38. The molecule has 2 saturated heterocycles. The number of methoxy groups -OCH3 is 1. The third-order valence-electron chi connectivity index (χ3n) is 6.06. The van der Waals surface area contributed by atoms with E-state index in [1.807, 2.05) is 0 Å². The van der Waals surface area contributed by atoms with Crippen LogP contribution in [0.25, 0.3) is 0 Å². The lowest BCUT2D eigenvalue weighted by Crippen LogP contribution is -2.36. The van der Waals surface area contributed by atoms with Gasteiger partial charge in [-0.15, -0.1) is 0 Å². The highest BCUT2D eigenvalue weighted by Gasteiger charge is 2.16. The van der Waals surface area contributed by atoms with Crippen molar-refractivity contribution in [2.75, 3.05) is 79.4 Å². The first-order chi connectivity index (χ1) is 18.2. The molecule has 2 fully saturated rings. The maximum atomic E-state index is 11.2. The maximum Gasteiger partial charge on any atom is 0.332 e. The average molecular weight is 543 g/mol. The number of carbonyl (C=O) groups excluding carboxylic acids is 2. The smallest absolute Gasteiger partial charge is 0.332 e. The van der Waals surface area contributed by atoms with Crippen LogP contribution in [0.5, 0.6) is 0 Å². The molecule has 2 heterocycles. The average Bonchev–Trinajstić information content (AvgIpc) is 2.92. The van der Waals surface area contributed by atoms with Crippen molar-refractivity contribution >= 4 is 23.9 Å². The van der Waals surface area contributed by atoms with Crippen LogP contribution in [0.15, 0.2) is 23.3 Å². The molecule has 2 aliphatic heterocycles. The number of carbonyl (C=O) groups is 4. The first-order valence-electron chi connectivity index (χ1n) is 12.9. The lowest BCUT2D eigenvalue weighted by atomic mass is 10.0. The second kappa shape index (κ2) is 20.2. The second-order valence-electron chi connectivity index (χ2n) is 8.81. The van der Waals surface area contributed by atoms with Gasteiger partial charge in [-0.05, 0) is 52.1 Å². The standard InChI is InChI=1S/2C13H21NO5/c1-17-12(15)4-5-13(16)19-9-3-2-6-14-7-10-18-11-8-14;1-10(12(15)16)11(13(17)18)4-2-3-5-14-6-8-19-9-7-14/h4-5H,2-3,6-11H2,1H3;2-9H2,1H3,(H,15,16)(H,17,18). The van der Waals surface area contributed by atoms with Crippen molar-refractivity contribution in [2.45, 2.75) is 39.0 Å². The van der Waals surface area contributed by atoms with Gasteiger partial charge < -0.3 is 29.2 Å². The molecule has 0 spiro atoms. The SMILES string of the molecule is CC(C(=O)O)=C(CCCCN1CCOCC1)C(=O)O.COC(=O)C=CC(=O)OCCCCN1CCOCC1. The van der Waals surface area contributed by atoms with E-state index in [-0.39, 0.29) is 11.1 Å². The minimum Gasteiger partial charge on any atom is -0.478 e. The van der Waals surface area contributed by atoms with Crippen LogP contribution in [-0.4, -0.2) is 123 Å². The molecule has 2 N–H and O–H groups in total. The van der Waals surface area contributed by atoms with Crippen LogP contribution in [0, 0.1) is 0 Å². The Morgan fingerprint density at radius 1 is 0.763 bits per heavy atom. The largest absolute Gasteiger partial charge is 0.478 e. The first-order valence-corrected chi connectivity index (χ1v) is 12.9. The summed E-state index contributed by atoms with van der Waals surface area (Å²) in [5.41, 5.74) is -0.0617. The van der Waals surface area contributed by atoms with Crippen LogP contribution in [-0.2, 0) is 38.1 Å². The highest BCUT2D eigenvalue weighted by Crippen LogP contribution is 2.14. The molecule has 0 aromatic rings. The molecule has 0 aromatic heterocycles. The summed E-state index contributed by atoms with van der Waals surface area (Å²) < 4.78 is 19.8. The summed E-state index contributed by atoms with van der Waals surface area (Å²) in [6.07, 6.45) is 5.78. The summed E-state index contributed by atoms with van der Waals surface area (Å²) in [6, 6.07) is 0. The normalized spacial score (nSPS) is 17.2. The molecule has 0 radical (unpaired) electrons. The predicted molar refractivity (Wildman–Crippen MR) is 138 cm³/mol. The molecule has 0 amide bonds. The highest BCUT2D eigenvalue weighted by atomic mass is 16.5. The van der Waals surface area contributed by atoms with Gasteiger partial charge >= 0.3 is 23.9 Å². The van der Waals surface area contributed by atoms with E-state index in [1.54, 1.807) is 0 Å². The maximum absolute atomic E-state index is 11.2. The van der Waals surface area contributed by atoms with Crippen molar-refractivity contribution in [3.63, 3.8) is 0 Å². The van der Waals surface area contributed by atoms with Crippen molar-refractivity contribution in [3.05, 3.63) is 23.3 Å². The van der Waals surface area contributed by atoms with E-state index >= 15 is 0 Å². The van der Waals surface area contributed by atoms with Gasteiger partial charge in [-0.1, -0.05) is 0 Å². The molecule has 0 saturated carbocycles. The number of nitrogens with zero attached hydrogens (tertiary/aromatic N) is 2. The molecule has 12 nitrogen and oxygen atoms in total. The van der Waals surface area contributed by atoms with Crippen molar-refractivity contribution in [3.8, 4) is 0 Å². The van der Waals surface area contributed by atoms with Gasteiger partial charge in [0.15, 0.2) is 0 Å². The van der Waals surface area contributed by atoms with E-state index in [1.165, 1.54) is 14.0 Å². The summed E-state index contributed by atoms with van der Waals surface area (Å²) in [5, 5.41) is 17.8. The van der Waals surface area contributed by atoms with Gasteiger partial charge in [0.2, 0.25) is 0 Å². The fourth-order valence-corrected chi connectivity index (χ4v) is 3.73. The lowest BCUT2D eigenvalue weighted by Gasteiger charge is -2.26. The van der Waals surface area contributed by atoms with Gasteiger partial charge in [0.05, 0.1) is 40.1 Å². The Kier molecular flexibility index (Phi) is 17.7. The summed E-state index contributed by atoms with van der Waals surface area (Å²) in [7, 11) is 1.25. The van der Waals surface area contributed by atoms with E-state index in [2.05, 4.69) is 14.5 Å². The topological polar surface area (TPSA) is 152 Å². The van der Waals surface area contributed by atoms with Gasteiger partial charge in [0.1, 0.15) is 0 Å². The number of carboxylic acids is 2. The molecule has 0 atom stereocenters. The number of hydrogen-bond acceptors (Lipinski definition) is 10. The Labute approximate surface area is 224 Å². The zero-order chi connectivity index (χ0) is 28.2. The minimum atomic E-state index is -1.16. The van der Waals surface area contributed by atoms with Crippen molar-refractivity contribution in [1.82, 2.24) is 9.80 Å². The van der Waals surface area contributed by atoms with E-state index in [9.17, 15) is 19.2 Å². The van der Waals surface area contributed by atoms with E-state index in [0.29, 0.717) is 19.4 Å². The molecule has 38 heavy (non-hydrogen) atoms. The van der Waals surface area contributed by atoms with Crippen molar-refractivity contribution in [2.24, 2.45) is 0 Å². The Morgan fingerprint density at radius 3 is 1.74 bits per heavy atom. The molecule has 216 valence electrons. The second-order valence-corrected chi connectivity index (χ2v) is 8.81. The van der Waals surface area contributed by atoms with Crippen molar-refractivity contribution in [1.29, 1.82) is 0 Å². The molecule has 0 bridgehead atoms. The number of aliphatic carboxylic acids is 2. The fraction of sp³-hybridized carbons (Fsp3) is 0.692. The summed E-state index contributed by atoms with van der Waals surface area (Å²) in [6.45, 7) is 10.5. The minimum absolute atomic E-state index is 0.00878. The van der Waals surface area contributed by atoms with Gasteiger partial charge in [0, 0.05) is 49.5 Å². The van der Waals surface area contributed by atoms with Crippen molar-refractivity contribution < 1.29 is 48.3 Å². The Hall–Kier alpha value is -2.80. The van der Waals surface area contributed by atoms with Gasteiger partial charge in [0.25, 0.3) is 0 Å². The Bertz CT molecular complexity index is 800. The lowest BCUT2D eigenvalue weighted by molar-refractivity contribution is -0.139. The molecular formula is C26H42N2O10. The number of morpholine rings is 2. The zero-order valence-corrected chi connectivity index (χ0v) is 22.5. The zero-order valence-electron chi connectivity index (χ0n) is 22.5.